The Bertz CT molecular complexity index is 1260. The van der Waals surface area contributed by atoms with Gasteiger partial charge in [0.2, 0.25) is 0 Å². The lowest BCUT2D eigenvalue weighted by Crippen LogP contribution is -2.31. The highest BCUT2D eigenvalue weighted by atomic mass is 32.1. The minimum absolute atomic E-state index is 0.147. The third kappa shape index (κ3) is 4.21. The van der Waals surface area contributed by atoms with Crippen LogP contribution in [0.15, 0.2) is 48.5 Å². The van der Waals surface area contributed by atoms with Gasteiger partial charge in [-0.3, -0.25) is 4.79 Å². The fourth-order valence-electron chi connectivity index (χ4n) is 3.46. The van der Waals surface area contributed by atoms with Gasteiger partial charge in [0.1, 0.15) is 16.3 Å². The first-order chi connectivity index (χ1) is 15.4. The van der Waals surface area contributed by atoms with E-state index >= 15 is 0 Å². The number of carbonyl (C=O) groups is 1. The second-order valence-corrected chi connectivity index (χ2v) is 9.96. The predicted molar refractivity (Wildman–Crippen MR) is 131 cm³/mol. The predicted octanol–water partition coefficient (Wildman–Crippen LogP) is 5.77. The van der Waals surface area contributed by atoms with Crippen molar-refractivity contribution in [3.63, 3.8) is 0 Å². The topological polar surface area (TPSA) is 84.5 Å². The zero-order valence-corrected chi connectivity index (χ0v) is 19.4. The lowest BCUT2D eigenvalue weighted by molar-refractivity contribution is 0.103. The van der Waals surface area contributed by atoms with Crippen LogP contribution in [0, 0.1) is 0 Å². The van der Waals surface area contributed by atoms with Gasteiger partial charge in [0.15, 0.2) is 10.9 Å². The van der Waals surface area contributed by atoms with Gasteiger partial charge in [-0.25, -0.2) is 4.98 Å². The van der Waals surface area contributed by atoms with E-state index in [0.29, 0.717) is 17.1 Å². The van der Waals surface area contributed by atoms with E-state index < -0.39 is 5.72 Å². The van der Waals surface area contributed by atoms with Crippen molar-refractivity contribution in [3.05, 3.63) is 59.0 Å². The van der Waals surface area contributed by atoms with Gasteiger partial charge in [-0.1, -0.05) is 23.5 Å². The number of carbonyl (C=O) groups excluding carboxylic acids is 1. The van der Waals surface area contributed by atoms with Crippen molar-refractivity contribution in [2.24, 2.45) is 0 Å². The number of aromatic nitrogens is 1. The molecule has 4 aromatic rings. The molecule has 3 N–H and O–H groups in total. The van der Waals surface area contributed by atoms with Gasteiger partial charge in [-0.15, -0.1) is 11.3 Å². The molecule has 9 heteroatoms. The smallest absolute Gasteiger partial charge is 0.265 e. The molecule has 5 rings (SSSR count). The zero-order chi connectivity index (χ0) is 22.3. The molecule has 1 aliphatic heterocycles. The number of thiophene rings is 1. The van der Waals surface area contributed by atoms with Crippen molar-refractivity contribution < 1.29 is 14.3 Å². The van der Waals surface area contributed by atoms with E-state index in [1.165, 1.54) is 11.3 Å². The van der Waals surface area contributed by atoms with Crippen LogP contribution in [0.1, 0.15) is 29.1 Å². The molecular formula is C23H22N4O3S2. The summed E-state index contributed by atoms with van der Waals surface area (Å²) in [7, 11) is 1.66. The first-order valence-corrected chi connectivity index (χ1v) is 11.7. The number of amides is 1. The number of methoxy groups -OCH3 is 1. The Labute approximate surface area is 193 Å². The maximum Gasteiger partial charge on any atom is 0.265 e. The van der Waals surface area contributed by atoms with Crippen molar-refractivity contribution in [3.8, 4) is 11.5 Å². The maximum absolute atomic E-state index is 12.8. The Morgan fingerprint density at radius 2 is 1.97 bits per heavy atom. The van der Waals surface area contributed by atoms with Crippen molar-refractivity contribution in [2.75, 3.05) is 23.1 Å². The molecule has 0 unspecified atom stereocenters. The van der Waals surface area contributed by atoms with Gasteiger partial charge in [0.05, 0.1) is 22.4 Å². The Balaban J connectivity index is 1.23. The third-order valence-corrected chi connectivity index (χ3v) is 7.07. The monoisotopic (exact) mass is 466 g/mol. The Kier molecular flexibility index (Phi) is 5.15. The fraction of sp³-hybridized carbons (Fsp3) is 0.217. The second kappa shape index (κ2) is 7.99. The summed E-state index contributed by atoms with van der Waals surface area (Å²) in [4.78, 5) is 18.9. The second-order valence-electron chi connectivity index (χ2n) is 7.90. The number of hydrogen-bond donors (Lipinski definition) is 3. The first kappa shape index (κ1) is 20.6. The third-order valence-electron chi connectivity index (χ3n) is 4.95. The van der Waals surface area contributed by atoms with E-state index in [4.69, 9.17) is 9.47 Å². The summed E-state index contributed by atoms with van der Waals surface area (Å²) < 4.78 is 12.0. The Hall–Kier alpha value is -3.30. The van der Waals surface area contributed by atoms with Gasteiger partial charge in [0.25, 0.3) is 5.91 Å². The number of benzene rings is 2. The molecule has 0 spiro atoms. The summed E-state index contributed by atoms with van der Waals surface area (Å²) in [6.45, 7) is 4.58. The van der Waals surface area contributed by atoms with E-state index in [9.17, 15) is 4.79 Å². The van der Waals surface area contributed by atoms with Gasteiger partial charge in [0, 0.05) is 12.2 Å². The van der Waals surface area contributed by atoms with E-state index in [0.717, 1.165) is 37.4 Å². The zero-order valence-electron chi connectivity index (χ0n) is 17.8. The highest BCUT2D eigenvalue weighted by molar-refractivity contribution is 7.29. The molecule has 0 atom stereocenters. The molecule has 7 nitrogen and oxygen atoms in total. The number of nitrogens with one attached hydrogen (secondary N) is 3. The standard InChI is InChI=1S/C23H22N4O3S2/c1-23(2)27-16-10-14(6-9-17(16)30-23)25-20(28)18-11-19-21(31-18)26-22(32-19)24-12-13-4-7-15(29-3)8-5-13/h4-11,27H,12H2,1-3H3,(H,24,26)(H,25,28). The van der Waals surface area contributed by atoms with Crippen LogP contribution in [0.25, 0.3) is 9.53 Å². The molecule has 164 valence electrons. The lowest BCUT2D eigenvalue weighted by atomic mass is 10.2. The Morgan fingerprint density at radius 3 is 2.72 bits per heavy atom. The van der Waals surface area contributed by atoms with Gasteiger partial charge < -0.3 is 25.4 Å². The lowest BCUT2D eigenvalue weighted by Gasteiger charge is -2.17. The molecular weight excluding hydrogens is 444 g/mol. The molecule has 2 aromatic heterocycles. The molecule has 0 fully saturated rings. The molecule has 0 bridgehead atoms. The summed E-state index contributed by atoms with van der Waals surface area (Å²) >= 11 is 2.93. The molecule has 0 saturated carbocycles. The minimum Gasteiger partial charge on any atom is -0.497 e. The Morgan fingerprint density at radius 1 is 1.16 bits per heavy atom. The van der Waals surface area contributed by atoms with Crippen LogP contribution in [-0.4, -0.2) is 23.7 Å². The van der Waals surface area contributed by atoms with Gasteiger partial charge in [-0.05, 0) is 55.8 Å². The van der Waals surface area contributed by atoms with Crippen LogP contribution in [-0.2, 0) is 6.54 Å². The number of nitrogens with zero attached hydrogens (tertiary/aromatic N) is 1. The van der Waals surface area contributed by atoms with E-state index in [-0.39, 0.29) is 5.91 Å². The number of hydrogen-bond acceptors (Lipinski definition) is 8. The summed E-state index contributed by atoms with van der Waals surface area (Å²) in [5, 5.41) is 10.4. The van der Waals surface area contributed by atoms with E-state index in [2.05, 4.69) is 20.9 Å². The van der Waals surface area contributed by atoms with Crippen LogP contribution in [0.2, 0.25) is 0 Å². The average molecular weight is 467 g/mol. The van der Waals surface area contributed by atoms with Crippen molar-refractivity contribution >= 4 is 54.6 Å². The first-order valence-electron chi connectivity index (χ1n) is 10.1. The van der Waals surface area contributed by atoms with Crippen molar-refractivity contribution in [1.82, 2.24) is 4.98 Å². The van der Waals surface area contributed by atoms with Gasteiger partial charge >= 0.3 is 0 Å². The van der Waals surface area contributed by atoms with Crippen molar-refractivity contribution in [1.29, 1.82) is 0 Å². The molecule has 0 saturated heterocycles. The van der Waals surface area contributed by atoms with Crippen molar-refractivity contribution in [2.45, 2.75) is 26.1 Å². The number of anilines is 3. The molecule has 1 amide bonds. The molecule has 2 aromatic carbocycles. The SMILES string of the molecule is COc1ccc(CNc2nc3sc(C(=O)Nc4ccc5c(c4)NC(C)(C)O5)cc3s2)cc1. The van der Waals surface area contributed by atoms with Crippen LogP contribution in [0.4, 0.5) is 16.5 Å². The molecule has 3 heterocycles. The number of thiazole rings is 1. The maximum atomic E-state index is 12.8. The van der Waals surface area contributed by atoms with Gasteiger partial charge in [-0.2, -0.15) is 0 Å². The van der Waals surface area contributed by atoms with Crippen LogP contribution in [0.5, 0.6) is 11.5 Å². The highest BCUT2D eigenvalue weighted by Gasteiger charge is 2.29. The number of ether oxygens (including phenoxy) is 2. The quantitative estimate of drug-likeness (QED) is 0.334. The van der Waals surface area contributed by atoms with Crippen LogP contribution >= 0.6 is 22.7 Å². The summed E-state index contributed by atoms with van der Waals surface area (Å²) in [5.41, 5.74) is 2.28. The number of rotatable bonds is 6. The van der Waals surface area contributed by atoms with E-state index in [1.807, 2.05) is 62.4 Å². The van der Waals surface area contributed by atoms with Crippen LogP contribution in [0.3, 0.4) is 0 Å². The fourth-order valence-corrected chi connectivity index (χ4v) is 5.46. The molecule has 32 heavy (non-hydrogen) atoms. The van der Waals surface area contributed by atoms with Crippen LogP contribution < -0.4 is 25.4 Å². The normalized spacial score (nSPS) is 13.8. The van der Waals surface area contributed by atoms with E-state index in [1.54, 1.807) is 18.4 Å². The summed E-state index contributed by atoms with van der Waals surface area (Å²) in [6.07, 6.45) is 0. The molecule has 1 aliphatic rings. The largest absolute Gasteiger partial charge is 0.497 e. The molecule has 0 radical (unpaired) electrons. The summed E-state index contributed by atoms with van der Waals surface area (Å²) in [5.74, 6) is 1.47. The highest BCUT2D eigenvalue weighted by Crippen LogP contribution is 2.38. The average Bonchev–Trinajstić information content (AvgIpc) is 3.42. The molecule has 0 aliphatic carbocycles. The minimum atomic E-state index is -0.451. The number of fused-ring (bicyclic) bond motifs is 2. The summed E-state index contributed by atoms with van der Waals surface area (Å²) in [6, 6.07) is 15.4.